The fourth-order valence-corrected chi connectivity index (χ4v) is 0.453. The summed E-state index contributed by atoms with van der Waals surface area (Å²) in [6.07, 6.45) is 0.667. The molecule has 0 atom stereocenters. The van der Waals surface area contributed by atoms with Crippen molar-refractivity contribution in [3.8, 4) is 11.5 Å². The minimum Gasteiger partial charge on any atom is -0.508 e. The highest BCUT2D eigenvalue weighted by Crippen LogP contribution is 2.13. The second kappa shape index (κ2) is 6.06. The summed E-state index contributed by atoms with van der Waals surface area (Å²) in [5.41, 5.74) is 0. The Balaban J connectivity index is 0.000000252. The van der Waals surface area contributed by atoms with Gasteiger partial charge in [-0.15, -0.1) is 0 Å². The lowest BCUT2D eigenvalue weighted by Crippen LogP contribution is -1.80. The number of rotatable bonds is 1. The van der Waals surface area contributed by atoms with E-state index in [2.05, 4.69) is 0 Å². The summed E-state index contributed by atoms with van der Waals surface area (Å²) in [4.78, 5) is 9.81. The van der Waals surface area contributed by atoms with Gasteiger partial charge in [0.25, 0.3) is 0 Å². The maximum absolute atomic E-state index is 9.81. The lowest BCUT2D eigenvalue weighted by molar-refractivity contribution is -0.116. The third-order valence-electron chi connectivity index (χ3n) is 1.35. The fraction of sp³-hybridized carbons (Fsp3) is 0.300. The molecule has 0 fully saturated rings. The molecule has 0 bridgehead atoms. The molecule has 1 rings (SSSR count). The summed E-state index contributed by atoms with van der Waals surface area (Å²) in [5, 5.41) is 17.3. The quantitative estimate of drug-likeness (QED) is 0.654. The Morgan fingerprint density at radius 3 is 1.54 bits per heavy atom. The Bertz CT molecular complexity index is 230. The maximum atomic E-state index is 9.81. The smallest absolute Gasteiger partial charge is 0.129 e. The zero-order valence-corrected chi connectivity index (χ0v) is 7.82. The molecule has 13 heavy (non-hydrogen) atoms. The lowest BCUT2D eigenvalue weighted by Gasteiger charge is -1.88. The average Bonchev–Trinajstić information content (AvgIpc) is 2.11. The molecule has 0 aliphatic rings. The van der Waals surface area contributed by atoms with E-state index in [-0.39, 0.29) is 17.3 Å². The third kappa shape index (κ3) is 6.87. The van der Waals surface area contributed by atoms with Crippen molar-refractivity contribution in [2.45, 2.75) is 20.3 Å². The molecule has 72 valence electrons. The van der Waals surface area contributed by atoms with Gasteiger partial charge in [0.2, 0.25) is 0 Å². The number of hydrogen-bond acceptors (Lipinski definition) is 3. The van der Waals surface area contributed by atoms with Crippen LogP contribution in [0, 0.1) is 0 Å². The van der Waals surface area contributed by atoms with Crippen LogP contribution in [0.15, 0.2) is 24.3 Å². The third-order valence-corrected chi connectivity index (χ3v) is 1.35. The first-order valence-electron chi connectivity index (χ1n) is 4.03. The molecule has 1 aromatic rings. The number of aromatic hydroxyl groups is 2. The van der Waals surface area contributed by atoms with E-state index in [9.17, 15) is 4.79 Å². The van der Waals surface area contributed by atoms with Gasteiger partial charge in [0.15, 0.2) is 0 Å². The number of ketones is 1. The molecule has 0 unspecified atom stereocenters. The van der Waals surface area contributed by atoms with Crippen molar-refractivity contribution in [3.05, 3.63) is 24.3 Å². The maximum Gasteiger partial charge on any atom is 0.129 e. The van der Waals surface area contributed by atoms with Crippen molar-refractivity contribution in [2.75, 3.05) is 0 Å². The molecule has 0 saturated heterocycles. The second-order valence-corrected chi connectivity index (χ2v) is 2.57. The minimum atomic E-state index is 0.169. The number of phenols is 2. The van der Waals surface area contributed by atoms with Crippen LogP contribution in [0.25, 0.3) is 0 Å². The minimum absolute atomic E-state index is 0.169. The molecule has 3 nitrogen and oxygen atoms in total. The average molecular weight is 182 g/mol. The van der Waals surface area contributed by atoms with Gasteiger partial charge in [0.1, 0.15) is 17.3 Å². The van der Waals surface area contributed by atoms with E-state index in [0.29, 0.717) is 6.42 Å². The van der Waals surface area contributed by atoms with Crippen LogP contribution >= 0.6 is 0 Å². The van der Waals surface area contributed by atoms with E-state index in [1.54, 1.807) is 6.92 Å². The van der Waals surface area contributed by atoms with E-state index < -0.39 is 0 Å². The van der Waals surface area contributed by atoms with Crippen LogP contribution in [-0.2, 0) is 4.79 Å². The van der Waals surface area contributed by atoms with E-state index in [1.807, 2.05) is 6.92 Å². The second-order valence-electron chi connectivity index (χ2n) is 2.57. The highest BCUT2D eigenvalue weighted by Gasteiger charge is 1.84. The number of Topliss-reactive ketones (excluding diaryl/α,β-unsaturated/α-hetero) is 1. The van der Waals surface area contributed by atoms with Crippen LogP contribution in [0.4, 0.5) is 0 Å². The van der Waals surface area contributed by atoms with Gasteiger partial charge in [0.05, 0.1) is 0 Å². The van der Waals surface area contributed by atoms with E-state index in [0.717, 1.165) is 0 Å². The zero-order chi connectivity index (χ0) is 10.3. The number of benzene rings is 1. The first-order chi connectivity index (χ1) is 6.06. The molecule has 0 heterocycles. The summed E-state index contributed by atoms with van der Waals surface area (Å²) >= 11 is 0. The van der Waals surface area contributed by atoms with Crippen LogP contribution in [0.3, 0.4) is 0 Å². The summed E-state index contributed by atoms with van der Waals surface area (Å²) in [5.74, 6) is 0.593. The highest BCUT2D eigenvalue weighted by atomic mass is 16.3. The van der Waals surface area contributed by atoms with E-state index in [1.165, 1.54) is 24.3 Å². The highest BCUT2D eigenvalue weighted by molar-refractivity contribution is 5.74. The van der Waals surface area contributed by atoms with Crippen LogP contribution in [0.5, 0.6) is 11.5 Å². The number of carbonyl (C=O) groups excluding carboxylic acids is 1. The summed E-state index contributed by atoms with van der Waals surface area (Å²) < 4.78 is 0. The topological polar surface area (TPSA) is 57.5 Å². The van der Waals surface area contributed by atoms with Crippen molar-refractivity contribution in [1.82, 2.24) is 0 Å². The van der Waals surface area contributed by atoms with Gasteiger partial charge in [-0.2, -0.15) is 0 Å². The molecule has 0 spiro atoms. The van der Waals surface area contributed by atoms with Gasteiger partial charge in [-0.3, -0.25) is 0 Å². The zero-order valence-electron chi connectivity index (χ0n) is 7.82. The Labute approximate surface area is 77.6 Å². The van der Waals surface area contributed by atoms with Gasteiger partial charge in [-0.05, 0) is 31.2 Å². The van der Waals surface area contributed by atoms with Crippen LogP contribution < -0.4 is 0 Å². The molecule has 0 aliphatic heterocycles. The Morgan fingerprint density at radius 1 is 1.15 bits per heavy atom. The van der Waals surface area contributed by atoms with Gasteiger partial charge in [0, 0.05) is 6.42 Å². The molecule has 0 amide bonds. The lowest BCUT2D eigenvalue weighted by atomic mass is 10.3. The van der Waals surface area contributed by atoms with E-state index >= 15 is 0 Å². The van der Waals surface area contributed by atoms with Gasteiger partial charge < -0.3 is 15.0 Å². The molecular formula is C10H14O3. The predicted octanol–water partition coefficient (Wildman–Crippen LogP) is 2.08. The molecule has 1 aromatic carbocycles. The molecule has 2 N–H and O–H groups in total. The van der Waals surface area contributed by atoms with Crippen molar-refractivity contribution in [3.63, 3.8) is 0 Å². The molecule has 0 saturated carbocycles. The van der Waals surface area contributed by atoms with E-state index in [4.69, 9.17) is 10.2 Å². The first kappa shape index (κ1) is 11.5. The normalized spacial score (nSPS) is 8.46. The Hall–Kier alpha value is -1.51. The van der Waals surface area contributed by atoms with Crippen molar-refractivity contribution in [1.29, 1.82) is 0 Å². The number of phenolic OH excluding ortho intramolecular Hbond substituents is 2. The van der Waals surface area contributed by atoms with Crippen molar-refractivity contribution in [2.24, 2.45) is 0 Å². The predicted molar refractivity (Wildman–Crippen MR) is 50.7 cm³/mol. The largest absolute Gasteiger partial charge is 0.508 e. The van der Waals surface area contributed by atoms with Gasteiger partial charge in [-0.1, -0.05) is 6.92 Å². The van der Waals surface area contributed by atoms with Crippen LogP contribution in [0.1, 0.15) is 20.3 Å². The summed E-state index contributed by atoms with van der Waals surface area (Å²) in [6.45, 7) is 3.43. The SMILES string of the molecule is CCC(C)=O.Oc1ccc(O)cc1. The number of carbonyl (C=O) groups is 1. The Kier molecular flexibility index (Phi) is 5.35. The molecular weight excluding hydrogens is 168 g/mol. The van der Waals surface area contributed by atoms with Gasteiger partial charge in [-0.25, -0.2) is 0 Å². The number of hydrogen-bond donors (Lipinski definition) is 2. The Morgan fingerprint density at radius 2 is 1.38 bits per heavy atom. The molecule has 0 aliphatic carbocycles. The molecule has 3 heteroatoms. The first-order valence-corrected chi connectivity index (χ1v) is 4.03. The monoisotopic (exact) mass is 182 g/mol. The van der Waals surface area contributed by atoms with Crippen LogP contribution in [-0.4, -0.2) is 16.0 Å². The summed E-state index contributed by atoms with van der Waals surface area (Å²) in [7, 11) is 0. The molecule has 0 aromatic heterocycles. The summed E-state index contributed by atoms with van der Waals surface area (Å²) in [6, 6.07) is 5.70. The standard InChI is InChI=1S/C6H6O2.C4H8O/c7-5-1-2-6(8)4-3-5;1-3-4(2)5/h1-4,7-8H;3H2,1-2H3. The van der Waals surface area contributed by atoms with Crippen molar-refractivity contribution >= 4 is 5.78 Å². The fourth-order valence-electron chi connectivity index (χ4n) is 0.453. The van der Waals surface area contributed by atoms with Crippen molar-refractivity contribution < 1.29 is 15.0 Å². The van der Waals surface area contributed by atoms with Crippen LogP contribution in [0.2, 0.25) is 0 Å². The molecule has 0 radical (unpaired) electrons. The van der Waals surface area contributed by atoms with Gasteiger partial charge >= 0.3 is 0 Å².